The summed E-state index contributed by atoms with van der Waals surface area (Å²) in [7, 11) is -7.85. The number of carbonyl (C=O) groups is 1. The Kier molecular flexibility index (Phi) is 12.5. The van der Waals surface area contributed by atoms with Gasteiger partial charge in [0, 0.05) is 64.3 Å². The van der Waals surface area contributed by atoms with Gasteiger partial charge in [0.15, 0.2) is 11.5 Å². The molecule has 0 unspecified atom stereocenters. The van der Waals surface area contributed by atoms with Crippen molar-refractivity contribution < 1.29 is 36.2 Å². The number of aromatic nitrogens is 1. The van der Waals surface area contributed by atoms with E-state index in [0.29, 0.717) is 44.2 Å². The third kappa shape index (κ3) is 9.80. The molecule has 0 radical (unpaired) electrons. The van der Waals surface area contributed by atoms with Crippen LogP contribution in [0.15, 0.2) is 78.0 Å². The van der Waals surface area contributed by atoms with Crippen molar-refractivity contribution >= 4 is 26.0 Å². The van der Waals surface area contributed by atoms with Gasteiger partial charge in [0.25, 0.3) is 0 Å². The van der Waals surface area contributed by atoms with Crippen LogP contribution in [0.1, 0.15) is 31.9 Å². The first-order valence-corrected chi connectivity index (χ1v) is 19.9. The second kappa shape index (κ2) is 16.6. The minimum atomic E-state index is -4.09. The largest absolute Gasteiger partial charge is 0.454 e. The minimum absolute atomic E-state index is 0.00249. The van der Waals surface area contributed by atoms with E-state index in [0.717, 1.165) is 11.1 Å². The van der Waals surface area contributed by atoms with Crippen LogP contribution in [0.2, 0.25) is 0 Å². The zero-order valence-corrected chi connectivity index (χ0v) is 30.4. The molecule has 1 saturated heterocycles. The summed E-state index contributed by atoms with van der Waals surface area (Å²) in [6.45, 7) is 7.58. The van der Waals surface area contributed by atoms with E-state index < -0.39 is 49.8 Å². The molecule has 3 atom stereocenters. The van der Waals surface area contributed by atoms with E-state index in [1.165, 1.54) is 26.8 Å². The first-order chi connectivity index (χ1) is 23.8. The number of benzene rings is 2. The number of amides is 1. The molecule has 0 spiro atoms. The molecule has 1 fully saturated rings. The van der Waals surface area contributed by atoms with Crippen LogP contribution < -0.4 is 14.8 Å². The zero-order chi connectivity index (χ0) is 35.9. The summed E-state index contributed by atoms with van der Waals surface area (Å²) < 4.78 is 68.0. The molecular formula is C35H47N5O8S2. The fourth-order valence-electron chi connectivity index (χ4n) is 6.09. The van der Waals surface area contributed by atoms with Crippen LogP contribution in [0.25, 0.3) is 0 Å². The Labute approximate surface area is 295 Å². The third-order valence-electron chi connectivity index (χ3n) is 8.82. The molecule has 1 amide bonds. The maximum Gasteiger partial charge on any atom is 0.243 e. The van der Waals surface area contributed by atoms with E-state index in [2.05, 4.69) is 15.2 Å². The predicted molar refractivity (Wildman–Crippen MR) is 188 cm³/mol. The number of nitrogens with zero attached hydrogens (tertiary/aromatic N) is 4. The van der Waals surface area contributed by atoms with Crippen LogP contribution in [0.5, 0.6) is 11.5 Å². The van der Waals surface area contributed by atoms with E-state index in [1.807, 2.05) is 56.3 Å². The number of carbonyl (C=O) groups excluding carboxylic acids is 1. The SMILES string of the molecule is CC(C)CN(C[C@@H](O)[C@H](Cc1ccccc1)NC(=O)[C@H](C)CS(=O)(=O)N1CCN(Cc2ccncc2)CC1)S(=O)(=O)c1ccc2c(c1)OCO2. The van der Waals surface area contributed by atoms with Gasteiger partial charge in [-0.2, -0.15) is 8.61 Å². The van der Waals surface area contributed by atoms with Crippen molar-refractivity contribution in [1.29, 1.82) is 0 Å². The van der Waals surface area contributed by atoms with Crippen LogP contribution in [0.4, 0.5) is 0 Å². The monoisotopic (exact) mass is 729 g/mol. The van der Waals surface area contributed by atoms with Gasteiger partial charge in [-0.25, -0.2) is 16.8 Å². The molecule has 0 saturated carbocycles. The standard InChI is InChI=1S/C35H47N5O8S2/c1-26(2)21-40(50(45,46)30-9-10-33-34(20-30)48-25-47-33)23-32(41)31(19-28-7-5-4-6-8-28)37-35(42)27(3)24-49(43,44)39-17-15-38(16-18-39)22-29-11-13-36-14-12-29/h4-14,20,26-27,31-32,41H,15-19,21-25H2,1-3H3,(H,37,42)/t27-,31+,32-/m1/s1. The molecule has 15 heteroatoms. The molecule has 0 bridgehead atoms. The van der Waals surface area contributed by atoms with E-state index in [4.69, 9.17) is 9.47 Å². The van der Waals surface area contributed by atoms with Crippen molar-refractivity contribution in [1.82, 2.24) is 23.8 Å². The number of pyridine rings is 1. The molecule has 272 valence electrons. The zero-order valence-electron chi connectivity index (χ0n) is 28.7. The lowest BCUT2D eigenvalue weighted by atomic mass is 10.00. The van der Waals surface area contributed by atoms with Crippen molar-refractivity contribution in [2.45, 2.75) is 50.8 Å². The van der Waals surface area contributed by atoms with E-state index in [1.54, 1.807) is 19.3 Å². The Morgan fingerprint density at radius 1 is 0.900 bits per heavy atom. The summed E-state index contributed by atoms with van der Waals surface area (Å²) in [6, 6.07) is 16.6. The quantitative estimate of drug-likeness (QED) is 0.224. The van der Waals surface area contributed by atoms with Crippen molar-refractivity contribution in [3.05, 3.63) is 84.2 Å². The molecule has 50 heavy (non-hydrogen) atoms. The highest BCUT2D eigenvalue weighted by atomic mass is 32.2. The Hall–Kier alpha value is -3.60. The molecule has 3 aromatic rings. The lowest BCUT2D eigenvalue weighted by Crippen LogP contribution is -2.53. The van der Waals surface area contributed by atoms with Gasteiger partial charge >= 0.3 is 0 Å². The molecule has 3 heterocycles. The number of hydrogen-bond donors (Lipinski definition) is 2. The average Bonchev–Trinajstić information content (AvgIpc) is 3.57. The first kappa shape index (κ1) is 37.7. The van der Waals surface area contributed by atoms with Crippen LogP contribution in [-0.4, -0.2) is 110 Å². The Balaban J connectivity index is 1.26. The summed E-state index contributed by atoms with van der Waals surface area (Å²) in [5.41, 5.74) is 1.92. The van der Waals surface area contributed by atoms with E-state index >= 15 is 0 Å². The number of rotatable bonds is 16. The van der Waals surface area contributed by atoms with Crippen molar-refractivity contribution in [3.8, 4) is 11.5 Å². The van der Waals surface area contributed by atoms with Gasteiger partial charge in [-0.15, -0.1) is 0 Å². The maximum absolute atomic E-state index is 13.9. The van der Waals surface area contributed by atoms with Crippen molar-refractivity contribution in [3.63, 3.8) is 0 Å². The number of ether oxygens (including phenoxy) is 2. The highest BCUT2D eigenvalue weighted by Crippen LogP contribution is 2.35. The predicted octanol–water partition coefficient (Wildman–Crippen LogP) is 2.33. The van der Waals surface area contributed by atoms with Gasteiger partial charge < -0.3 is 19.9 Å². The van der Waals surface area contributed by atoms with E-state index in [9.17, 15) is 26.7 Å². The molecular weight excluding hydrogens is 683 g/mol. The summed E-state index contributed by atoms with van der Waals surface area (Å²) in [6.07, 6.45) is 2.35. The number of sulfonamides is 2. The molecule has 2 N–H and O–H groups in total. The lowest BCUT2D eigenvalue weighted by molar-refractivity contribution is -0.125. The smallest absolute Gasteiger partial charge is 0.243 e. The van der Waals surface area contributed by atoms with Gasteiger partial charge in [-0.05, 0) is 47.7 Å². The first-order valence-electron chi connectivity index (χ1n) is 16.8. The van der Waals surface area contributed by atoms with Gasteiger partial charge in [0.2, 0.25) is 32.7 Å². The molecule has 2 aliphatic rings. The Bertz CT molecular complexity index is 1790. The fourth-order valence-corrected chi connectivity index (χ4v) is 9.44. The minimum Gasteiger partial charge on any atom is -0.454 e. The number of fused-ring (bicyclic) bond motifs is 1. The Morgan fingerprint density at radius 2 is 1.58 bits per heavy atom. The summed E-state index contributed by atoms with van der Waals surface area (Å²) in [5, 5.41) is 14.5. The number of aliphatic hydroxyl groups is 1. The van der Waals surface area contributed by atoms with Crippen LogP contribution in [0, 0.1) is 11.8 Å². The third-order valence-corrected chi connectivity index (χ3v) is 12.7. The molecule has 0 aliphatic carbocycles. The molecule has 1 aromatic heterocycles. The molecule has 13 nitrogen and oxygen atoms in total. The van der Waals surface area contributed by atoms with Gasteiger partial charge in [-0.3, -0.25) is 14.7 Å². The number of piperazine rings is 1. The number of hydrogen-bond acceptors (Lipinski definition) is 10. The number of nitrogens with one attached hydrogen (secondary N) is 1. The second-order valence-corrected chi connectivity index (χ2v) is 17.3. The van der Waals surface area contributed by atoms with Gasteiger partial charge in [0.05, 0.1) is 28.7 Å². The average molecular weight is 730 g/mol. The summed E-state index contributed by atoms with van der Waals surface area (Å²) in [5.74, 6) is -1.17. The molecule has 2 aromatic carbocycles. The second-order valence-electron chi connectivity index (χ2n) is 13.3. The van der Waals surface area contributed by atoms with Crippen LogP contribution >= 0.6 is 0 Å². The van der Waals surface area contributed by atoms with Crippen molar-refractivity contribution in [2.75, 3.05) is 51.8 Å². The molecule has 5 rings (SSSR count). The highest BCUT2D eigenvalue weighted by molar-refractivity contribution is 7.89. The fraction of sp³-hybridized carbons (Fsp3) is 0.486. The van der Waals surface area contributed by atoms with Crippen molar-refractivity contribution in [2.24, 2.45) is 11.8 Å². The lowest BCUT2D eigenvalue weighted by Gasteiger charge is -2.34. The summed E-state index contributed by atoms with van der Waals surface area (Å²) in [4.78, 5) is 19.8. The van der Waals surface area contributed by atoms with Crippen LogP contribution in [-0.2, 0) is 37.8 Å². The van der Waals surface area contributed by atoms with Gasteiger partial charge in [0.1, 0.15) is 0 Å². The normalized spacial score (nSPS) is 17.5. The number of aliphatic hydroxyl groups excluding tert-OH is 1. The highest BCUT2D eigenvalue weighted by Gasteiger charge is 2.35. The van der Waals surface area contributed by atoms with Crippen LogP contribution in [0.3, 0.4) is 0 Å². The van der Waals surface area contributed by atoms with Gasteiger partial charge in [-0.1, -0.05) is 51.1 Å². The maximum atomic E-state index is 13.9. The summed E-state index contributed by atoms with van der Waals surface area (Å²) >= 11 is 0. The van der Waals surface area contributed by atoms with E-state index in [-0.39, 0.29) is 37.1 Å². The Morgan fingerprint density at radius 3 is 2.26 bits per heavy atom. The topological polar surface area (TPSA) is 159 Å². The molecule has 2 aliphatic heterocycles.